The van der Waals surface area contributed by atoms with Crippen LogP contribution in [-0.4, -0.2) is 12.5 Å². The van der Waals surface area contributed by atoms with Crippen LogP contribution in [0.5, 0.6) is 0 Å². The molecule has 0 unspecified atom stereocenters. The first-order chi connectivity index (χ1) is 6.36. The van der Waals surface area contributed by atoms with Crippen molar-refractivity contribution in [2.24, 2.45) is 4.99 Å². The van der Waals surface area contributed by atoms with Gasteiger partial charge in [-0.1, -0.05) is 18.2 Å². The molecular formula is C11H14NO. The fraction of sp³-hybridized carbons (Fsp3) is 0.273. The van der Waals surface area contributed by atoms with Gasteiger partial charge in [0.1, 0.15) is 0 Å². The number of benzene rings is 1. The highest BCUT2D eigenvalue weighted by Crippen LogP contribution is 2.11. The number of hydrogen-bond donors (Lipinski definition) is 0. The zero-order chi connectivity index (χ0) is 9.52. The van der Waals surface area contributed by atoms with Crippen LogP contribution < -0.4 is 0 Å². The van der Waals surface area contributed by atoms with Crippen LogP contribution >= 0.6 is 0 Å². The zero-order valence-electron chi connectivity index (χ0n) is 7.86. The van der Waals surface area contributed by atoms with Crippen molar-refractivity contribution in [1.29, 1.82) is 0 Å². The van der Waals surface area contributed by atoms with Crippen molar-refractivity contribution in [2.75, 3.05) is 6.61 Å². The molecule has 0 heterocycles. The molecule has 0 saturated carbocycles. The van der Waals surface area contributed by atoms with Crippen molar-refractivity contribution in [3.8, 4) is 0 Å². The van der Waals surface area contributed by atoms with E-state index in [0.29, 0.717) is 18.9 Å². The Balaban J connectivity index is 2.73. The van der Waals surface area contributed by atoms with Crippen LogP contribution in [0.3, 0.4) is 0 Å². The molecule has 1 rings (SSSR count). The van der Waals surface area contributed by atoms with Crippen molar-refractivity contribution >= 4 is 11.6 Å². The molecule has 0 fully saturated rings. The SMILES string of the molecule is [CH2]CC(=Nc1ccccc1)OCC. The second kappa shape index (κ2) is 5.36. The minimum Gasteiger partial charge on any atom is -0.481 e. The van der Waals surface area contributed by atoms with Gasteiger partial charge in [-0.15, -0.1) is 0 Å². The van der Waals surface area contributed by atoms with Gasteiger partial charge in [0.15, 0.2) is 5.90 Å². The Kier molecular flexibility index (Phi) is 4.03. The number of para-hydroxylation sites is 1. The van der Waals surface area contributed by atoms with Crippen LogP contribution in [-0.2, 0) is 4.74 Å². The zero-order valence-corrected chi connectivity index (χ0v) is 7.86. The molecule has 0 spiro atoms. The van der Waals surface area contributed by atoms with E-state index in [1.54, 1.807) is 0 Å². The van der Waals surface area contributed by atoms with Gasteiger partial charge in [0, 0.05) is 6.42 Å². The normalized spacial score (nSPS) is 11.4. The molecule has 0 N–H and O–H groups in total. The van der Waals surface area contributed by atoms with Gasteiger partial charge in [0.05, 0.1) is 12.3 Å². The Labute approximate surface area is 79.3 Å². The van der Waals surface area contributed by atoms with E-state index in [9.17, 15) is 0 Å². The van der Waals surface area contributed by atoms with E-state index in [2.05, 4.69) is 11.9 Å². The van der Waals surface area contributed by atoms with Crippen LogP contribution in [0.4, 0.5) is 5.69 Å². The highest BCUT2D eigenvalue weighted by molar-refractivity contribution is 5.79. The number of hydrogen-bond acceptors (Lipinski definition) is 2. The molecule has 1 aromatic rings. The summed E-state index contributed by atoms with van der Waals surface area (Å²) in [4.78, 5) is 4.30. The summed E-state index contributed by atoms with van der Waals surface area (Å²) < 4.78 is 5.28. The summed E-state index contributed by atoms with van der Waals surface area (Å²) in [6, 6.07) is 9.74. The summed E-state index contributed by atoms with van der Waals surface area (Å²) in [5.74, 6) is 0.689. The average molecular weight is 176 g/mol. The van der Waals surface area contributed by atoms with Crippen molar-refractivity contribution in [3.63, 3.8) is 0 Å². The summed E-state index contributed by atoms with van der Waals surface area (Å²) in [5.41, 5.74) is 0.912. The molecule has 0 aliphatic carbocycles. The molecule has 69 valence electrons. The molecule has 13 heavy (non-hydrogen) atoms. The topological polar surface area (TPSA) is 21.6 Å². The molecule has 0 bridgehead atoms. The summed E-state index contributed by atoms with van der Waals surface area (Å²) in [5, 5.41) is 0. The van der Waals surface area contributed by atoms with E-state index >= 15 is 0 Å². The van der Waals surface area contributed by atoms with Crippen molar-refractivity contribution in [2.45, 2.75) is 13.3 Å². The van der Waals surface area contributed by atoms with Crippen molar-refractivity contribution < 1.29 is 4.74 Å². The van der Waals surface area contributed by atoms with Crippen LogP contribution in [0.15, 0.2) is 35.3 Å². The van der Waals surface area contributed by atoms with Gasteiger partial charge in [-0.05, 0) is 26.0 Å². The van der Waals surface area contributed by atoms with Crippen molar-refractivity contribution in [1.82, 2.24) is 0 Å². The average Bonchev–Trinajstić information content (AvgIpc) is 2.19. The number of ether oxygens (including phenoxy) is 1. The van der Waals surface area contributed by atoms with Gasteiger partial charge >= 0.3 is 0 Å². The first kappa shape index (κ1) is 9.78. The summed E-state index contributed by atoms with van der Waals surface area (Å²) in [7, 11) is 0. The largest absolute Gasteiger partial charge is 0.481 e. The van der Waals surface area contributed by atoms with E-state index in [1.165, 1.54) is 0 Å². The molecule has 0 aliphatic heterocycles. The minimum atomic E-state index is 0.586. The lowest BCUT2D eigenvalue weighted by Gasteiger charge is -2.03. The lowest BCUT2D eigenvalue weighted by molar-refractivity contribution is 0.321. The third-order valence-electron chi connectivity index (χ3n) is 1.53. The number of nitrogens with zero attached hydrogens (tertiary/aromatic N) is 1. The predicted molar refractivity (Wildman–Crippen MR) is 55.1 cm³/mol. The Hall–Kier alpha value is -1.31. The lowest BCUT2D eigenvalue weighted by atomic mass is 10.3. The number of aliphatic imine (C=N–C) groups is 1. The molecule has 0 aromatic heterocycles. The van der Waals surface area contributed by atoms with Crippen LogP contribution in [0, 0.1) is 6.92 Å². The highest BCUT2D eigenvalue weighted by Gasteiger charge is 1.95. The van der Waals surface area contributed by atoms with Crippen LogP contribution in [0.2, 0.25) is 0 Å². The first-order valence-corrected chi connectivity index (χ1v) is 4.41. The standard InChI is InChI=1S/C11H14NO/c1-3-11(13-4-2)12-10-8-6-5-7-9-10/h5-9H,1,3-4H2,2H3. The van der Waals surface area contributed by atoms with Gasteiger partial charge in [-0.2, -0.15) is 0 Å². The molecule has 0 atom stereocenters. The summed E-state index contributed by atoms with van der Waals surface area (Å²) in [6.07, 6.45) is 0.586. The molecular weight excluding hydrogens is 162 g/mol. The third-order valence-corrected chi connectivity index (χ3v) is 1.53. The maximum absolute atomic E-state index is 5.28. The second-order valence-corrected chi connectivity index (χ2v) is 2.52. The minimum absolute atomic E-state index is 0.586. The molecule has 0 aliphatic rings. The quantitative estimate of drug-likeness (QED) is 0.512. The van der Waals surface area contributed by atoms with Gasteiger partial charge in [-0.3, -0.25) is 0 Å². The summed E-state index contributed by atoms with van der Waals surface area (Å²) in [6.45, 7) is 6.33. The third kappa shape index (κ3) is 3.28. The van der Waals surface area contributed by atoms with Gasteiger partial charge < -0.3 is 4.74 Å². The molecule has 2 nitrogen and oxygen atoms in total. The van der Waals surface area contributed by atoms with E-state index in [-0.39, 0.29) is 0 Å². The summed E-state index contributed by atoms with van der Waals surface area (Å²) >= 11 is 0. The van der Waals surface area contributed by atoms with Gasteiger partial charge in [0.25, 0.3) is 0 Å². The van der Waals surface area contributed by atoms with E-state index in [4.69, 9.17) is 4.74 Å². The van der Waals surface area contributed by atoms with E-state index < -0.39 is 0 Å². The monoisotopic (exact) mass is 176 g/mol. The second-order valence-electron chi connectivity index (χ2n) is 2.52. The Morgan fingerprint density at radius 3 is 2.62 bits per heavy atom. The van der Waals surface area contributed by atoms with Crippen LogP contribution in [0.1, 0.15) is 13.3 Å². The molecule has 1 aromatic carbocycles. The maximum atomic E-state index is 5.28. The van der Waals surface area contributed by atoms with Gasteiger partial charge in [0.2, 0.25) is 0 Å². The lowest BCUT2D eigenvalue weighted by Crippen LogP contribution is -2.01. The molecule has 2 heteroatoms. The Morgan fingerprint density at radius 2 is 2.08 bits per heavy atom. The molecule has 1 radical (unpaired) electrons. The Bertz CT molecular complexity index is 267. The molecule has 0 amide bonds. The smallest absolute Gasteiger partial charge is 0.188 e. The fourth-order valence-electron chi connectivity index (χ4n) is 0.973. The molecule has 0 saturated heterocycles. The first-order valence-electron chi connectivity index (χ1n) is 4.41. The van der Waals surface area contributed by atoms with E-state index in [0.717, 1.165) is 5.69 Å². The number of rotatable bonds is 3. The Morgan fingerprint density at radius 1 is 1.38 bits per heavy atom. The highest BCUT2D eigenvalue weighted by atomic mass is 16.5. The fourth-order valence-corrected chi connectivity index (χ4v) is 0.973. The predicted octanol–water partition coefficient (Wildman–Crippen LogP) is 2.98. The van der Waals surface area contributed by atoms with E-state index in [1.807, 2.05) is 37.3 Å². The van der Waals surface area contributed by atoms with Crippen molar-refractivity contribution in [3.05, 3.63) is 37.3 Å². The van der Waals surface area contributed by atoms with Crippen LogP contribution in [0.25, 0.3) is 0 Å². The van der Waals surface area contributed by atoms with Gasteiger partial charge in [-0.25, -0.2) is 4.99 Å². The maximum Gasteiger partial charge on any atom is 0.188 e.